The molecule has 8 heteroatoms. The van der Waals surface area contributed by atoms with Crippen molar-refractivity contribution in [3.05, 3.63) is 71.6 Å². The lowest BCUT2D eigenvalue weighted by molar-refractivity contribution is -0.122. The van der Waals surface area contributed by atoms with E-state index in [0.29, 0.717) is 6.42 Å². The third-order valence-electron chi connectivity index (χ3n) is 6.22. The van der Waals surface area contributed by atoms with Crippen molar-refractivity contribution in [2.75, 3.05) is 11.4 Å². The van der Waals surface area contributed by atoms with Gasteiger partial charge < -0.3 is 0 Å². The van der Waals surface area contributed by atoms with Crippen LogP contribution in [-0.2, 0) is 19.6 Å². The summed E-state index contributed by atoms with van der Waals surface area (Å²) in [5.74, 6) is -1.60. The van der Waals surface area contributed by atoms with E-state index < -0.39 is 33.7 Å². The van der Waals surface area contributed by atoms with Crippen LogP contribution >= 0.6 is 0 Å². The van der Waals surface area contributed by atoms with Gasteiger partial charge in [-0.25, -0.2) is 17.7 Å². The molecular weight excluding hydrogens is 443 g/mol. The van der Waals surface area contributed by atoms with Crippen LogP contribution in [0.25, 0.3) is 0 Å². The number of nitrogens with zero attached hydrogens (tertiary/aromatic N) is 2. The summed E-state index contributed by atoms with van der Waals surface area (Å²) in [6.07, 6.45) is 6.48. The smallest absolute Gasteiger partial charge is 0.252 e. The van der Waals surface area contributed by atoms with Crippen molar-refractivity contribution < 1.29 is 22.4 Å². The van der Waals surface area contributed by atoms with Gasteiger partial charge in [-0.2, -0.15) is 4.31 Å². The van der Waals surface area contributed by atoms with Crippen LogP contribution in [0.15, 0.2) is 65.1 Å². The van der Waals surface area contributed by atoms with E-state index in [9.17, 15) is 22.4 Å². The zero-order valence-electron chi connectivity index (χ0n) is 18.5. The van der Waals surface area contributed by atoms with Gasteiger partial charge in [0.25, 0.3) is 5.91 Å². The predicted octanol–water partition coefficient (Wildman–Crippen LogP) is 4.35. The summed E-state index contributed by atoms with van der Waals surface area (Å²) >= 11 is 0. The number of anilines is 1. The molecular formula is C25H27FN2O4S. The zero-order chi connectivity index (χ0) is 23.6. The third-order valence-corrected chi connectivity index (χ3v) is 8.14. The molecule has 1 fully saturated rings. The minimum absolute atomic E-state index is 0.0891. The number of halogens is 1. The fourth-order valence-corrected chi connectivity index (χ4v) is 5.96. The minimum Gasteiger partial charge on any atom is -0.274 e. The molecule has 6 nitrogen and oxygen atoms in total. The van der Waals surface area contributed by atoms with Gasteiger partial charge in [0.05, 0.1) is 17.0 Å². The van der Waals surface area contributed by atoms with E-state index in [-0.39, 0.29) is 23.5 Å². The number of rotatable bonds is 7. The molecule has 1 aliphatic heterocycles. The van der Waals surface area contributed by atoms with Crippen molar-refractivity contribution in [1.29, 1.82) is 0 Å². The largest absolute Gasteiger partial charge is 0.274 e. The van der Waals surface area contributed by atoms with Gasteiger partial charge in [-0.1, -0.05) is 29.3 Å². The van der Waals surface area contributed by atoms with E-state index >= 15 is 0 Å². The van der Waals surface area contributed by atoms with Crippen LogP contribution in [-0.4, -0.2) is 37.1 Å². The average Bonchev–Trinajstić information content (AvgIpc) is 3.09. The van der Waals surface area contributed by atoms with Crippen LogP contribution in [0.4, 0.5) is 10.1 Å². The van der Waals surface area contributed by atoms with Gasteiger partial charge in [0.2, 0.25) is 15.9 Å². The molecule has 0 aromatic heterocycles. The molecule has 2 amide bonds. The molecule has 0 spiro atoms. The number of benzene rings is 2. The number of hydrogen-bond acceptors (Lipinski definition) is 4. The highest BCUT2D eigenvalue weighted by molar-refractivity contribution is 7.89. The van der Waals surface area contributed by atoms with Crippen molar-refractivity contribution in [3.8, 4) is 0 Å². The van der Waals surface area contributed by atoms with Gasteiger partial charge in [-0.3, -0.25) is 9.59 Å². The Bertz CT molecular complexity index is 1170. The van der Waals surface area contributed by atoms with Gasteiger partial charge in [-0.05, 0) is 75.4 Å². The molecule has 1 atom stereocenters. The van der Waals surface area contributed by atoms with Crippen molar-refractivity contribution in [2.45, 2.75) is 56.4 Å². The molecule has 4 rings (SSSR count). The van der Waals surface area contributed by atoms with E-state index in [1.807, 2.05) is 6.92 Å². The van der Waals surface area contributed by atoms with Crippen molar-refractivity contribution in [3.63, 3.8) is 0 Å². The summed E-state index contributed by atoms with van der Waals surface area (Å²) in [4.78, 5) is 27.1. The second-order valence-electron chi connectivity index (χ2n) is 8.55. The Labute approximate surface area is 193 Å². The van der Waals surface area contributed by atoms with E-state index in [1.165, 1.54) is 46.3 Å². The second kappa shape index (κ2) is 9.57. The Kier molecular flexibility index (Phi) is 6.76. The molecule has 0 bridgehead atoms. The normalized spacial score (nSPS) is 19.3. The van der Waals surface area contributed by atoms with Crippen LogP contribution in [0, 0.1) is 12.7 Å². The Hall–Kier alpha value is -2.84. The Morgan fingerprint density at radius 2 is 1.73 bits per heavy atom. The van der Waals surface area contributed by atoms with Crippen LogP contribution in [0.3, 0.4) is 0 Å². The van der Waals surface area contributed by atoms with Crippen LogP contribution in [0.1, 0.15) is 44.1 Å². The lowest BCUT2D eigenvalue weighted by Crippen LogP contribution is -2.46. The van der Waals surface area contributed by atoms with Gasteiger partial charge in [0.15, 0.2) is 0 Å². The fourth-order valence-electron chi connectivity index (χ4n) is 4.38. The molecule has 1 saturated heterocycles. The maximum atomic E-state index is 13.6. The maximum Gasteiger partial charge on any atom is 0.252 e. The van der Waals surface area contributed by atoms with E-state index in [2.05, 4.69) is 6.08 Å². The molecule has 33 heavy (non-hydrogen) atoms. The lowest BCUT2D eigenvalue weighted by Gasteiger charge is -2.28. The Morgan fingerprint density at radius 1 is 1.03 bits per heavy atom. The highest BCUT2D eigenvalue weighted by Crippen LogP contribution is 2.31. The lowest BCUT2D eigenvalue weighted by atomic mass is 9.97. The summed E-state index contributed by atoms with van der Waals surface area (Å²) < 4.78 is 41.8. The first-order valence-corrected chi connectivity index (χ1v) is 12.6. The molecule has 2 aromatic carbocycles. The SMILES string of the molecule is Cc1ccc(S(=O)(=O)N(CCC2=CCCCC2)C2CC(=O)N(c3ccc(F)cc3)C2=O)cc1. The summed E-state index contributed by atoms with van der Waals surface area (Å²) in [5.41, 5.74) is 2.33. The number of carbonyl (C=O) groups excluding carboxylic acids is 2. The highest BCUT2D eigenvalue weighted by atomic mass is 32.2. The number of imide groups is 1. The van der Waals surface area contributed by atoms with Gasteiger partial charge >= 0.3 is 0 Å². The molecule has 1 aliphatic carbocycles. The monoisotopic (exact) mass is 470 g/mol. The molecule has 1 heterocycles. The predicted molar refractivity (Wildman–Crippen MR) is 124 cm³/mol. The fraction of sp³-hybridized carbons (Fsp3) is 0.360. The van der Waals surface area contributed by atoms with Crippen molar-refractivity contribution in [2.24, 2.45) is 0 Å². The first kappa shape index (κ1) is 23.3. The highest BCUT2D eigenvalue weighted by Gasteiger charge is 2.46. The molecule has 0 radical (unpaired) electrons. The number of hydrogen-bond donors (Lipinski definition) is 0. The van der Waals surface area contributed by atoms with Crippen molar-refractivity contribution >= 4 is 27.5 Å². The molecule has 174 valence electrons. The summed E-state index contributed by atoms with van der Waals surface area (Å²) in [6.45, 7) is 1.98. The van der Waals surface area contributed by atoms with Gasteiger partial charge in [-0.15, -0.1) is 0 Å². The number of allylic oxidation sites excluding steroid dienone is 1. The summed E-state index contributed by atoms with van der Waals surface area (Å²) in [6, 6.07) is 10.4. The Morgan fingerprint density at radius 3 is 2.36 bits per heavy atom. The van der Waals surface area contributed by atoms with E-state index in [1.54, 1.807) is 12.1 Å². The second-order valence-corrected chi connectivity index (χ2v) is 10.4. The molecule has 1 unspecified atom stereocenters. The standard InChI is InChI=1S/C25H27FN2O4S/c1-18-7-13-22(14-8-18)33(31,32)27(16-15-19-5-3-2-4-6-19)23-17-24(29)28(25(23)30)21-11-9-20(26)10-12-21/h5,7-14,23H,2-4,6,15-17H2,1H3. The number of amides is 2. The molecule has 0 saturated carbocycles. The summed E-state index contributed by atoms with van der Waals surface area (Å²) in [7, 11) is -4.02. The van der Waals surface area contributed by atoms with E-state index in [4.69, 9.17) is 0 Å². The van der Waals surface area contributed by atoms with Crippen LogP contribution < -0.4 is 4.90 Å². The topological polar surface area (TPSA) is 74.8 Å². The van der Waals surface area contributed by atoms with E-state index in [0.717, 1.165) is 36.1 Å². The molecule has 0 N–H and O–H groups in total. The average molecular weight is 471 g/mol. The van der Waals surface area contributed by atoms with Gasteiger partial charge in [0, 0.05) is 6.54 Å². The van der Waals surface area contributed by atoms with Crippen LogP contribution in [0.2, 0.25) is 0 Å². The Balaban J connectivity index is 1.67. The van der Waals surface area contributed by atoms with Crippen LogP contribution in [0.5, 0.6) is 0 Å². The maximum absolute atomic E-state index is 13.6. The first-order chi connectivity index (χ1) is 15.8. The quantitative estimate of drug-likeness (QED) is 0.446. The molecule has 2 aromatic rings. The minimum atomic E-state index is -4.02. The molecule has 2 aliphatic rings. The third kappa shape index (κ3) is 4.91. The van der Waals surface area contributed by atoms with Gasteiger partial charge in [0.1, 0.15) is 11.9 Å². The first-order valence-electron chi connectivity index (χ1n) is 11.2. The zero-order valence-corrected chi connectivity index (χ0v) is 19.4. The number of aryl methyl sites for hydroxylation is 1. The van der Waals surface area contributed by atoms with Crippen molar-refractivity contribution in [1.82, 2.24) is 4.31 Å². The number of sulfonamides is 1. The summed E-state index contributed by atoms with van der Waals surface area (Å²) in [5, 5.41) is 0. The number of carbonyl (C=O) groups is 2.